The van der Waals surface area contributed by atoms with E-state index in [9.17, 15) is 0 Å². The van der Waals surface area contributed by atoms with E-state index in [4.69, 9.17) is 4.74 Å². The van der Waals surface area contributed by atoms with Gasteiger partial charge in [0.15, 0.2) is 0 Å². The minimum Gasteiger partial charge on any atom is -0.375 e. The van der Waals surface area contributed by atoms with Crippen LogP contribution in [0, 0.1) is 11.8 Å². The van der Waals surface area contributed by atoms with Gasteiger partial charge >= 0.3 is 0 Å². The minimum absolute atomic E-state index is 0.433. The summed E-state index contributed by atoms with van der Waals surface area (Å²) in [4.78, 5) is 0. The molecule has 2 fully saturated rings. The van der Waals surface area contributed by atoms with Crippen LogP contribution in [0.4, 0.5) is 0 Å². The number of hydrogen-bond acceptors (Lipinski definition) is 2. The summed E-state index contributed by atoms with van der Waals surface area (Å²) in [5.74, 6) is 1.89. The molecule has 88 valence electrons. The zero-order valence-electron chi connectivity index (χ0n) is 10.3. The Morgan fingerprint density at radius 1 is 1.20 bits per heavy atom. The van der Waals surface area contributed by atoms with E-state index in [0.29, 0.717) is 18.2 Å². The summed E-state index contributed by atoms with van der Waals surface area (Å²) >= 11 is 0. The molecule has 3 atom stereocenters. The molecule has 0 aromatic heterocycles. The SMILES string of the molecule is CC1CC(NCC(C)C2CC2)CC(C)O1. The normalized spacial score (nSPS) is 39.0. The van der Waals surface area contributed by atoms with Gasteiger partial charge in [0.05, 0.1) is 12.2 Å². The van der Waals surface area contributed by atoms with Crippen LogP contribution in [0.3, 0.4) is 0 Å². The van der Waals surface area contributed by atoms with E-state index in [1.165, 1.54) is 32.2 Å². The summed E-state index contributed by atoms with van der Waals surface area (Å²) in [7, 11) is 0. The number of rotatable bonds is 4. The van der Waals surface area contributed by atoms with Crippen molar-refractivity contribution < 1.29 is 4.74 Å². The maximum Gasteiger partial charge on any atom is 0.0565 e. The Balaban J connectivity index is 1.68. The largest absolute Gasteiger partial charge is 0.375 e. The highest BCUT2D eigenvalue weighted by Crippen LogP contribution is 2.36. The van der Waals surface area contributed by atoms with Crippen molar-refractivity contribution in [1.82, 2.24) is 5.32 Å². The van der Waals surface area contributed by atoms with Gasteiger partial charge in [-0.3, -0.25) is 0 Å². The lowest BCUT2D eigenvalue weighted by molar-refractivity contribution is -0.0424. The Bertz CT molecular complexity index is 193. The third kappa shape index (κ3) is 3.46. The van der Waals surface area contributed by atoms with Crippen molar-refractivity contribution in [3.05, 3.63) is 0 Å². The first-order valence-electron chi connectivity index (χ1n) is 6.54. The van der Waals surface area contributed by atoms with Gasteiger partial charge in [0.25, 0.3) is 0 Å². The van der Waals surface area contributed by atoms with Crippen LogP contribution in [0.1, 0.15) is 46.5 Å². The molecule has 2 nitrogen and oxygen atoms in total. The van der Waals surface area contributed by atoms with E-state index in [-0.39, 0.29) is 0 Å². The second-order valence-electron chi connectivity index (χ2n) is 5.65. The van der Waals surface area contributed by atoms with Gasteiger partial charge in [-0.05, 0) is 57.9 Å². The number of hydrogen-bond donors (Lipinski definition) is 1. The molecular weight excluding hydrogens is 186 g/mol. The van der Waals surface area contributed by atoms with Crippen molar-refractivity contribution in [3.8, 4) is 0 Å². The number of nitrogens with one attached hydrogen (secondary N) is 1. The molecule has 1 heterocycles. The van der Waals surface area contributed by atoms with Crippen molar-refractivity contribution in [2.24, 2.45) is 11.8 Å². The summed E-state index contributed by atoms with van der Waals surface area (Å²) in [6.45, 7) is 7.97. The molecule has 1 saturated heterocycles. The summed E-state index contributed by atoms with van der Waals surface area (Å²) in [6.07, 6.45) is 6.15. The average Bonchev–Trinajstić information content (AvgIpc) is 2.95. The third-order valence-electron chi connectivity index (χ3n) is 3.85. The predicted octanol–water partition coefficient (Wildman–Crippen LogP) is 2.58. The van der Waals surface area contributed by atoms with Crippen LogP contribution in [-0.4, -0.2) is 24.8 Å². The quantitative estimate of drug-likeness (QED) is 0.771. The Morgan fingerprint density at radius 2 is 1.80 bits per heavy atom. The van der Waals surface area contributed by atoms with Crippen LogP contribution in [0.15, 0.2) is 0 Å². The molecule has 15 heavy (non-hydrogen) atoms. The molecule has 1 N–H and O–H groups in total. The van der Waals surface area contributed by atoms with Crippen molar-refractivity contribution in [3.63, 3.8) is 0 Å². The summed E-state index contributed by atoms with van der Waals surface area (Å²) in [5, 5.41) is 3.72. The molecule has 0 aromatic rings. The van der Waals surface area contributed by atoms with E-state index >= 15 is 0 Å². The van der Waals surface area contributed by atoms with Gasteiger partial charge < -0.3 is 10.1 Å². The lowest BCUT2D eigenvalue weighted by Gasteiger charge is -2.33. The molecule has 2 heteroatoms. The molecular formula is C13H25NO. The Kier molecular flexibility index (Phi) is 3.68. The smallest absolute Gasteiger partial charge is 0.0565 e. The van der Waals surface area contributed by atoms with Crippen molar-refractivity contribution >= 4 is 0 Å². The fourth-order valence-electron chi connectivity index (χ4n) is 2.76. The van der Waals surface area contributed by atoms with E-state index in [1.807, 2.05) is 0 Å². The van der Waals surface area contributed by atoms with Gasteiger partial charge in [-0.15, -0.1) is 0 Å². The molecule has 0 radical (unpaired) electrons. The topological polar surface area (TPSA) is 21.3 Å². The van der Waals surface area contributed by atoms with Crippen LogP contribution in [-0.2, 0) is 4.74 Å². The highest BCUT2D eigenvalue weighted by molar-refractivity contribution is 4.83. The molecule has 0 spiro atoms. The first-order chi connectivity index (χ1) is 7.15. The third-order valence-corrected chi connectivity index (χ3v) is 3.85. The minimum atomic E-state index is 0.433. The Hall–Kier alpha value is -0.0800. The molecule has 1 saturated carbocycles. The highest BCUT2D eigenvalue weighted by Gasteiger charge is 2.29. The van der Waals surface area contributed by atoms with Crippen LogP contribution >= 0.6 is 0 Å². The van der Waals surface area contributed by atoms with Crippen LogP contribution < -0.4 is 5.32 Å². The van der Waals surface area contributed by atoms with E-state index in [2.05, 4.69) is 26.1 Å². The van der Waals surface area contributed by atoms with Gasteiger partial charge in [-0.1, -0.05) is 6.92 Å². The van der Waals surface area contributed by atoms with Crippen LogP contribution in [0.2, 0.25) is 0 Å². The average molecular weight is 211 g/mol. The first kappa shape index (κ1) is 11.4. The van der Waals surface area contributed by atoms with Crippen LogP contribution in [0.25, 0.3) is 0 Å². The molecule has 3 unspecified atom stereocenters. The lowest BCUT2D eigenvalue weighted by atomic mass is 9.98. The zero-order chi connectivity index (χ0) is 10.8. The van der Waals surface area contributed by atoms with Crippen molar-refractivity contribution in [1.29, 1.82) is 0 Å². The fourth-order valence-corrected chi connectivity index (χ4v) is 2.76. The van der Waals surface area contributed by atoms with E-state index < -0.39 is 0 Å². The monoisotopic (exact) mass is 211 g/mol. The maximum atomic E-state index is 5.74. The molecule has 0 bridgehead atoms. The van der Waals surface area contributed by atoms with Gasteiger partial charge in [0, 0.05) is 6.04 Å². The molecule has 1 aliphatic carbocycles. The standard InChI is InChI=1S/C13H25NO/c1-9(12-4-5-12)8-14-13-6-10(2)15-11(3)7-13/h9-14H,4-8H2,1-3H3. The summed E-state index contributed by atoms with van der Waals surface area (Å²) in [6, 6.07) is 0.685. The molecule has 2 rings (SSSR count). The maximum absolute atomic E-state index is 5.74. The molecule has 2 aliphatic rings. The van der Waals surface area contributed by atoms with Crippen molar-refractivity contribution in [2.45, 2.75) is 64.7 Å². The fraction of sp³-hybridized carbons (Fsp3) is 1.00. The Labute approximate surface area is 93.8 Å². The molecule has 1 aliphatic heterocycles. The number of ether oxygens (including phenoxy) is 1. The molecule has 0 aromatic carbocycles. The van der Waals surface area contributed by atoms with E-state index in [0.717, 1.165) is 11.8 Å². The van der Waals surface area contributed by atoms with Gasteiger partial charge in [0.1, 0.15) is 0 Å². The first-order valence-corrected chi connectivity index (χ1v) is 6.54. The molecule has 0 amide bonds. The van der Waals surface area contributed by atoms with Crippen molar-refractivity contribution in [2.75, 3.05) is 6.54 Å². The summed E-state index contributed by atoms with van der Waals surface area (Å²) in [5.41, 5.74) is 0. The lowest BCUT2D eigenvalue weighted by Crippen LogP contribution is -2.42. The second kappa shape index (κ2) is 4.84. The predicted molar refractivity (Wildman–Crippen MR) is 62.9 cm³/mol. The van der Waals surface area contributed by atoms with E-state index in [1.54, 1.807) is 0 Å². The zero-order valence-corrected chi connectivity index (χ0v) is 10.3. The Morgan fingerprint density at radius 3 is 2.33 bits per heavy atom. The second-order valence-corrected chi connectivity index (χ2v) is 5.65. The van der Waals surface area contributed by atoms with Gasteiger partial charge in [-0.2, -0.15) is 0 Å². The van der Waals surface area contributed by atoms with Crippen LogP contribution in [0.5, 0.6) is 0 Å². The van der Waals surface area contributed by atoms with Gasteiger partial charge in [0.2, 0.25) is 0 Å². The van der Waals surface area contributed by atoms with Gasteiger partial charge in [-0.25, -0.2) is 0 Å². The summed E-state index contributed by atoms with van der Waals surface area (Å²) < 4.78 is 5.74. The highest BCUT2D eigenvalue weighted by atomic mass is 16.5.